The zero-order valence-corrected chi connectivity index (χ0v) is 12.8. The zero-order chi connectivity index (χ0) is 17.4. The van der Waals surface area contributed by atoms with Crippen LogP contribution in [0.3, 0.4) is 0 Å². The van der Waals surface area contributed by atoms with Crippen molar-refractivity contribution in [3.05, 3.63) is 58.7 Å². The first-order valence-electron chi connectivity index (χ1n) is 7.03. The summed E-state index contributed by atoms with van der Waals surface area (Å²) in [5, 5.41) is 56.6. The molecule has 0 amide bonds. The van der Waals surface area contributed by atoms with Crippen molar-refractivity contribution in [2.45, 2.75) is 31.8 Å². The Balaban J connectivity index is 2.54. The SMILES string of the molecule is CC(C)(c1ccc(O)c(C(O)O)c1)c1ccc(O)c(C(O)O)c1. The van der Waals surface area contributed by atoms with Crippen LogP contribution in [-0.4, -0.2) is 30.6 Å². The normalized spacial score (nSPS) is 12.2. The minimum atomic E-state index is -1.81. The molecule has 0 fully saturated rings. The van der Waals surface area contributed by atoms with Crippen molar-refractivity contribution >= 4 is 0 Å². The van der Waals surface area contributed by atoms with Crippen LogP contribution in [0, 0.1) is 0 Å². The van der Waals surface area contributed by atoms with E-state index in [9.17, 15) is 30.6 Å². The molecule has 0 saturated heterocycles. The molecular formula is C17H20O6. The Morgan fingerprint density at radius 1 is 0.696 bits per heavy atom. The maximum Gasteiger partial charge on any atom is 0.182 e. The lowest BCUT2D eigenvalue weighted by molar-refractivity contribution is -0.0445. The first-order valence-corrected chi connectivity index (χ1v) is 7.03. The number of benzene rings is 2. The number of phenolic OH excluding ortho intramolecular Hbond substituents is 2. The van der Waals surface area contributed by atoms with E-state index in [1.165, 1.54) is 24.3 Å². The Kier molecular flexibility index (Phi) is 4.63. The highest BCUT2D eigenvalue weighted by molar-refractivity contribution is 5.47. The Morgan fingerprint density at radius 2 is 1.04 bits per heavy atom. The third-order valence-corrected chi connectivity index (χ3v) is 4.05. The first kappa shape index (κ1) is 17.2. The van der Waals surface area contributed by atoms with E-state index in [1.54, 1.807) is 12.1 Å². The Morgan fingerprint density at radius 3 is 1.35 bits per heavy atom. The van der Waals surface area contributed by atoms with Crippen LogP contribution in [0.2, 0.25) is 0 Å². The molecule has 0 radical (unpaired) electrons. The molecule has 0 unspecified atom stereocenters. The predicted octanol–water partition coefficient (Wildman–Crippen LogP) is 1.39. The van der Waals surface area contributed by atoms with Crippen LogP contribution in [0.15, 0.2) is 36.4 Å². The van der Waals surface area contributed by atoms with E-state index >= 15 is 0 Å². The summed E-state index contributed by atoms with van der Waals surface area (Å²) in [5.41, 5.74) is 0.688. The lowest BCUT2D eigenvalue weighted by atomic mass is 9.77. The van der Waals surface area contributed by atoms with Crippen LogP contribution in [-0.2, 0) is 5.41 Å². The fourth-order valence-corrected chi connectivity index (χ4v) is 2.47. The third kappa shape index (κ3) is 3.30. The van der Waals surface area contributed by atoms with Crippen molar-refractivity contribution in [1.29, 1.82) is 0 Å². The van der Waals surface area contributed by atoms with Gasteiger partial charge in [-0.15, -0.1) is 0 Å². The lowest BCUT2D eigenvalue weighted by Gasteiger charge is -2.28. The van der Waals surface area contributed by atoms with Crippen LogP contribution in [0.4, 0.5) is 0 Å². The Hall–Kier alpha value is -2.12. The van der Waals surface area contributed by atoms with Gasteiger partial charge >= 0.3 is 0 Å². The van der Waals surface area contributed by atoms with E-state index in [0.29, 0.717) is 11.1 Å². The molecule has 6 heteroatoms. The van der Waals surface area contributed by atoms with Gasteiger partial charge < -0.3 is 30.6 Å². The smallest absolute Gasteiger partial charge is 0.182 e. The van der Waals surface area contributed by atoms with Gasteiger partial charge in [0.15, 0.2) is 12.6 Å². The fourth-order valence-electron chi connectivity index (χ4n) is 2.47. The molecule has 0 spiro atoms. The number of aliphatic hydroxyl groups is 4. The molecule has 0 aromatic heterocycles. The molecular weight excluding hydrogens is 300 g/mol. The van der Waals surface area contributed by atoms with Gasteiger partial charge in [0.1, 0.15) is 11.5 Å². The van der Waals surface area contributed by atoms with Gasteiger partial charge in [-0.25, -0.2) is 0 Å². The maximum atomic E-state index is 9.68. The maximum absolute atomic E-state index is 9.68. The molecule has 0 atom stereocenters. The van der Waals surface area contributed by atoms with Gasteiger partial charge in [-0.05, 0) is 35.4 Å². The van der Waals surface area contributed by atoms with Gasteiger partial charge in [0, 0.05) is 16.5 Å². The molecule has 2 aromatic rings. The van der Waals surface area contributed by atoms with Gasteiger partial charge in [-0.1, -0.05) is 26.0 Å². The fraction of sp³-hybridized carbons (Fsp3) is 0.294. The summed E-state index contributed by atoms with van der Waals surface area (Å²) in [6.45, 7) is 3.71. The van der Waals surface area contributed by atoms with Crippen molar-refractivity contribution in [2.24, 2.45) is 0 Å². The number of aliphatic hydroxyl groups excluding tert-OH is 2. The van der Waals surface area contributed by atoms with Crippen LogP contribution in [0.1, 0.15) is 48.7 Å². The summed E-state index contributed by atoms with van der Waals surface area (Å²) in [6.07, 6.45) is -3.61. The summed E-state index contributed by atoms with van der Waals surface area (Å²) in [4.78, 5) is 0. The zero-order valence-electron chi connectivity index (χ0n) is 12.8. The minimum Gasteiger partial charge on any atom is -0.507 e. The topological polar surface area (TPSA) is 121 Å². The highest BCUT2D eigenvalue weighted by Crippen LogP contribution is 2.37. The van der Waals surface area contributed by atoms with Crippen molar-refractivity contribution in [3.63, 3.8) is 0 Å². The molecule has 2 aromatic carbocycles. The number of aromatic hydroxyl groups is 2. The Labute approximate surface area is 133 Å². The first-order chi connectivity index (χ1) is 10.6. The van der Waals surface area contributed by atoms with Crippen molar-refractivity contribution in [3.8, 4) is 11.5 Å². The van der Waals surface area contributed by atoms with Gasteiger partial charge in [0.25, 0.3) is 0 Å². The average Bonchev–Trinajstić information content (AvgIpc) is 2.47. The number of hydrogen-bond donors (Lipinski definition) is 6. The van der Waals surface area contributed by atoms with E-state index in [1.807, 2.05) is 13.8 Å². The monoisotopic (exact) mass is 320 g/mol. The van der Waals surface area contributed by atoms with Crippen LogP contribution >= 0.6 is 0 Å². The molecule has 124 valence electrons. The van der Waals surface area contributed by atoms with Gasteiger partial charge in [0.2, 0.25) is 0 Å². The molecule has 0 saturated carbocycles. The molecule has 6 N–H and O–H groups in total. The second kappa shape index (κ2) is 6.17. The predicted molar refractivity (Wildman–Crippen MR) is 82.7 cm³/mol. The van der Waals surface area contributed by atoms with Crippen molar-refractivity contribution < 1.29 is 30.6 Å². The van der Waals surface area contributed by atoms with Gasteiger partial charge in [-0.3, -0.25) is 0 Å². The van der Waals surface area contributed by atoms with Crippen LogP contribution in [0.5, 0.6) is 11.5 Å². The van der Waals surface area contributed by atoms with Gasteiger partial charge in [-0.2, -0.15) is 0 Å². The van der Waals surface area contributed by atoms with Gasteiger partial charge in [0.05, 0.1) is 0 Å². The number of phenols is 2. The number of rotatable bonds is 4. The molecule has 0 bridgehead atoms. The molecule has 0 aliphatic carbocycles. The average molecular weight is 320 g/mol. The molecule has 0 aliphatic rings. The molecule has 0 aliphatic heterocycles. The largest absolute Gasteiger partial charge is 0.507 e. The lowest BCUT2D eigenvalue weighted by Crippen LogP contribution is -2.20. The molecule has 23 heavy (non-hydrogen) atoms. The molecule has 2 rings (SSSR count). The molecule has 0 heterocycles. The van der Waals surface area contributed by atoms with E-state index in [2.05, 4.69) is 0 Å². The summed E-state index contributed by atoms with van der Waals surface area (Å²) >= 11 is 0. The standard InChI is InChI=1S/C17H20O6/c1-17(2,9-3-5-13(18)11(7-9)15(20)21)10-4-6-14(19)12(8-10)16(22)23/h3-8,15-16,18-23H,1-2H3. The van der Waals surface area contributed by atoms with E-state index < -0.39 is 18.0 Å². The minimum absolute atomic E-state index is 0.0169. The highest BCUT2D eigenvalue weighted by atomic mass is 16.5. The summed E-state index contributed by atoms with van der Waals surface area (Å²) < 4.78 is 0. The highest BCUT2D eigenvalue weighted by Gasteiger charge is 2.26. The number of hydrogen-bond acceptors (Lipinski definition) is 6. The second-order valence-electron chi connectivity index (χ2n) is 5.92. The van der Waals surface area contributed by atoms with Crippen molar-refractivity contribution in [1.82, 2.24) is 0 Å². The third-order valence-electron chi connectivity index (χ3n) is 4.05. The summed E-state index contributed by atoms with van der Waals surface area (Å²) in [7, 11) is 0. The second-order valence-corrected chi connectivity index (χ2v) is 5.92. The molecule has 6 nitrogen and oxygen atoms in total. The summed E-state index contributed by atoms with van der Waals surface area (Å²) in [6, 6.07) is 8.97. The van der Waals surface area contributed by atoms with Crippen molar-refractivity contribution in [2.75, 3.05) is 0 Å². The van der Waals surface area contributed by atoms with E-state index in [0.717, 1.165) is 0 Å². The van der Waals surface area contributed by atoms with E-state index in [-0.39, 0.29) is 22.6 Å². The summed E-state index contributed by atoms with van der Waals surface area (Å²) in [5.74, 6) is -0.451. The Bertz CT molecular complexity index is 647. The van der Waals surface area contributed by atoms with E-state index in [4.69, 9.17) is 0 Å². The van der Waals surface area contributed by atoms with Crippen LogP contribution < -0.4 is 0 Å². The van der Waals surface area contributed by atoms with Crippen LogP contribution in [0.25, 0.3) is 0 Å². The quantitative estimate of drug-likeness (QED) is 0.474.